The quantitative estimate of drug-likeness (QED) is 0.715. The average Bonchev–Trinajstić information content (AvgIpc) is 3.29. The summed E-state index contributed by atoms with van der Waals surface area (Å²) in [5, 5.41) is 3.60. The Kier molecular flexibility index (Phi) is 4.62. The number of ketones is 1. The number of aliphatic imine (C=N–C) groups is 1. The van der Waals surface area contributed by atoms with Gasteiger partial charge in [-0.25, -0.2) is 0 Å². The van der Waals surface area contributed by atoms with Crippen LogP contribution in [0.25, 0.3) is 0 Å². The van der Waals surface area contributed by atoms with Gasteiger partial charge >= 0.3 is 0 Å². The molecule has 8 heteroatoms. The highest BCUT2D eigenvalue weighted by atomic mass is 35.5. The first-order valence-electron chi connectivity index (χ1n) is 9.92. The molecule has 0 atom stereocenters. The molecule has 4 aliphatic heterocycles. The van der Waals surface area contributed by atoms with E-state index in [1.165, 1.54) is 0 Å². The van der Waals surface area contributed by atoms with E-state index in [1.54, 1.807) is 17.8 Å². The fourth-order valence-corrected chi connectivity index (χ4v) is 5.76. The van der Waals surface area contributed by atoms with Crippen LogP contribution in [0.5, 0.6) is 5.75 Å². The van der Waals surface area contributed by atoms with Crippen molar-refractivity contribution in [2.45, 2.75) is 38.2 Å². The van der Waals surface area contributed by atoms with Crippen molar-refractivity contribution < 1.29 is 14.3 Å². The molecule has 0 radical (unpaired) electrons. The Labute approximate surface area is 178 Å². The van der Waals surface area contributed by atoms with Crippen LogP contribution in [0.4, 0.5) is 0 Å². The molecule has 1 spiro atoms. The zero-order chi connectivity index (χ0) is 20.2. The highest BCUT2D eigenvalue weighted by molar-refractivity contribution is 8.16. The van der Waals surface area contributed by atoms with Gasteiger partial charge in [-0.15, -0.1) is 0 Å². The SMILES string of the molecule is Cc1cc(Cl)cc2c1OC1(CCN(C(=O)CC3=CSC4=NCCN34)CC1)CC2=O. The van der Waals surface area contributed by atoms with Crippen LogP contribution in [0.1, 0.15) is 41.6 Å². The van der Waals surface area contributed by atoms with Gasteiger partial charge in [0, 0.05) is 43.2 Å². The minimum absolute atomic E-state index is 0.0746. The molecule has 1 saturated heterocycles. The third-order valence-corrected chi connectivity index (χ3v) is 7.32. The van der Waals surface area contributed by atoms with Crippen molar-refractivity contribution in [2.75, 3.05) is 26.2 Å². The Morgan fingerprint density at radius 1 is 1.31 bits per heavy atom. The van der Waals surface area contributed by atoms with Crippen molar-refractivity contribution in [3.63, 3.8) is 0 Å². The second-order valence-electron chi connectivity index (χ2n) is 8.08. The number of carbonyl (C=O) groups excluding carboxylic acids is 2. The molecule has 0 saturated carbocycles. The van der Waals surface area contributed by atoms with Gasteiger partial charge in [-0.2, -0.15) is 0 Å². The molecule has 0 aliphatic carbocycles. The number of thioether (sulfide) groups is 1. The average molecular weight is 432 g/mol. The molecule has 0 unspecified atom stereocenters. The van der Waals surface area contributed by atoms with Crippen LogP contribution in [-0.4, -0.2) is 58.4 Å². The van der Waals surface area contributed by atoms with Gasteiger partial charge in [0.1, 0.15) is 11.4 Å². The number of benzene rings is 1. The number of carbonyl (C=O) groups is 2. The molecule has 6 nitrogen and oxygen atoms in total. The minimum atomic E-state index is -0.517. The van der Waals surface area contributed by atoms with Crippen LogP contribution in [0.3, 0.4) is 0 Å². The molecule has 4 aliphatic rings. The number of ether oxygens (including phenoxy) is 1. The summed E-state index contributed by atoms with van der Waals surface area (Å²) in [5.41, 5.74) is 1.98. The number of nitrogens with zero attached hydrogens (tertiary/aromatic N) is 3. The predicted molar refractivity (Wildman–Crippen MR) is 114 cm³/mol. The predicted octanol–water partition coefficient (Wildman–Crippen LogP) is 3.62. The number of amides is 1. The van der Waals surface area contributed by atoms with Gasteiger partial charge < -0.3 is 14.5 Å². The summed E-state index contributed by atoms with van der Waals surface area (Å²) in [4.78, 5) is 34.1. The lowest BCUT2D eigenvalue weighted by Gasteiger charge is -2.44. The lowest BCUT2D eigenvalue weighted by molar-refractivity contribution is -0.134. The van der Waals surface area contributed by atoms with E-state index >= 15 is 0 Å². The first kappa shape index (κ1) is 19.0. The summed E-state index contributed by atoms with van der Waals surface area (Å²) in [6.45, 7) is 4.80. The fraction of sp³-hybridized carbons (Fsp3) is 0.476. The van der Waals surface area contributed by atoms with Crippen LogP contribution in [0.2, 0.25) is 5.02 Å². The van der Waals surface area contributed by atoms with Crippen LogP contribution in [-0.2, 0) is 4.79 Å². The first-order chi connectivity index (χ1) is 13.9. The number of Topliss-reactive ketones (excluding diaryl/α,β-unsaturated/α-hetero) is 1. The molecular weight excluding hydrogens is 410 g/mol. The molecule has 29 heavy (non-hydrogen) atoms. The Morgan fingerprint density at radius 2 is 2.10 bits per heavy atom. The van der Waals surface area contributed by atoms with Crippen LogP contribution in [0, 0.1) is 6.92 Å². The summed E-state index contributed by atoms with van der Waals surface area (Å²) >= 11 is 7.71. The van der Waals surface area contributed by atoms with Crippen LogP contribution < -0.4 is 4.74 Å². The maximum absolute atomic E-state index is 12.9. The Balaban J connectivity index is 1.25. The van der Waals surface area contributed by atoms with Crippen molar-refractivity contribution in [3.05, 3.63) is 39.4 Å². The molecule has 1 fully saturated rings. The number of piperidine rings is 1. The maximum Gasteiger partial charge on any atom is 0.228 e. The largest absolute Gasteiger partial charge is 0.486 e. The number of fused-ring (bicyclic) bond motifs is 2. The zero-order valence-electron chi connectivity index (χ0n) is 16.2. The summed E-state index contributed by atoms with van der Waals surface area (Å²) in [6, 6.07) is 3.52. The third-order valence-electron chi connectivity index (χ3n) is 6.15. The Bertz CT molecular complexity index is 966. The van der Waals surface area contributed by atoms with Gasteiger partial charge in [0.2, 0.25) is 5.91 Å². The molecule has 5 rings (SSSR count). The lowest BCUT2D eigenvalue weighted by atomic mass is 9.82. The van der Waals surface area contributed by atoms with Crippen molar-refractivity contribution in [1.29, 1.82) is 0 Å². The second kappa shape index (κ2) is 7.06. The van der Waals surface area contributed by atoms with Crippen molar-refractivity contribution >= 4 is 40.2 Å². The maximum atomic E-state index is 12.9. The van der Waals surface area contributed by atoms with Crippen molar-refractivity contribution in [2.24, 2.45) is 4.99 Å². The summed E-state index contributed by atoms with van der Waals surface area (Å²) in [5.74, 6) is 0.857. The molecule has 1 aromatic rings. The van der Waals surface area contributed by atoms with Gasteiger partial charge in [-0.05, 0) is 30.0 Å². The van der Waals surface area contributed by atoms with Crippen molar-refractivity contribution in [3.8, 4) is 5.75 Å². The van der Waals surface area contributed by atoms with Crippen molar-refractivity contribution in [1.82, 2.24) is 9.80 Å². The van der Waals surface area contributed by atoms with E-state index in [9.17, 15) is 9.59 Å². The summed E-state index contributed by atoms with van der Waals surface area (Å²) in [6.07, 6.45) is 2.07. The molecule has 0 N–H and O–H groups in total. The topological polar surface area (TPSA) is 62.2 Å². The van der Waals surface area contributed by atoms with E-state index < -0.39 is 5.60 Å². The van der Waals surface area contributed by atoms with E-state index in [0.717, 1.165) is 29.5 Å². The monoisotopic (exact) mass is 431 g/mol. The highest BCUT2D eigenvalue weighted by Crippen LogP contribution is 2.42. The molecule has 0 aromatic heterocycles. The number of halogens is 1. The second-order valence-corrected chi connectivity index (χ2v) is 9.36. The van der Waals surface area contributed by atoms with E-state index in [1.807, 2.05) is 23.3 Å². The molecule has 152 valence electrons. The van der Waals surface area contributed by atoms with Gasteiger partial charge in [-0.1, -0.05) is 23.4 Å². The number of amidine groups is 1. The molecule has 4 heterocycles. The summed E-state index contributed by atoms with van der Waals surface area (Å²) in [7, 11) is 0. The van der Waals surface area contributed by atoms with E-state index in [2.05, 4.69) is 9.89 Å². The summed E-state index contributed by atoms with van der Waals surface area (Å²) < 4.78 is 6.38. The third kappa shape index (κ3) is 3.34. The lowest BCUT2D eigenvalue weighted by Crippen LogP contribution is -2.52. The normalized spacial score (nSPS) is 22.2. The van der Waals surface area contributed by atoms with Crippen LogP contribution in [0.15, 0.2) is 28.2 Å². The number of hydrogen-bond donors (Lipinski definition) is 0. The van der Waals surface area contributed by atoms with Gasteiger partial charge in [0.15, 0.2) is 11.0 Å². The van der Waals surface area contributed by atoms with Crippen LogP contribution >= 0.6 is 23.4 Å². The molecular formula is C21H22ClN3O3S. The van der Waals surface area contributed by atoms with Gasteiger partial charge in [0.05, 0.1) is 24.9 Å². The smallest absolute Gasteiger partial charge is 0.228 e. The minimum Gasteiger partial charge on any atom is -0.486 e. The first-order valence-corrected chi connectivity index (χ1v) is 11.2. The van der Waals surface area contributed by atoms with E-state index in [-0.39, 0.29) is 11.7 Å². The highest BCUT2D eigenvalue weighted by Gasteiger charge is 2.44. The zero-order valence-corrected chi connectivity index (χ0v) is 17.8. The molecule has 1 aromatic carbocycles. The number of rotatable bonds is 2. The number of aryl methyl sites for hydroxylation is 1. The molecule has 0 bridgehead atoms. The van der Waals surface area contributed by atoms with Gasteiger partial charge in [-0.3, -0.25) is 14.6 Å². The van der Waals surface area contributed by atoms with E-state index in [0.29, 0.717) is 55.1 Å². The van der Waals surface area contributed by atoms with E-state index in [4.69, 9.17) is 16.3 Å². The standard InChI is InChI=1S/C21H22ClN3O3S/c1-13-8-14(22)9-16-17(26)11-21(28-19(13)16)2-5-24(6-3-21)18(27)10-15-12-29-20-23-4-7-25(15)20/h8-9,12H,2-7,10-11H2,1H3. The number of likely N-dealkylation sites (tertiary alicyclic amines) is 1. The Hall–Kier alpha value is -1.99. The molecule has 1 amide bonds. The fourth-order valence-electron chi connectivity index (χ4n) is 4.54. The van der Waals surface area contributed by atoms with Gasteiger partial charge in [0.25, 0.3) is 0 Å². The Morgan fingerprint density at radius 3 is 2.90 bits per heavy atom. The number of hydrogen-bond acceptors (Lipinski definition) is 6.